The highest BCUT2D eigenvalue weighted by molar-refractivity contribution is 7.90. The SMILES string of the molecule is CCOC(=O)c1cc2c(ccn2S(=O)(=O)c2ccc(C)cc2)c(Cl)n1. The fourth-order valence-corrected chi connectivity index (χ4v) is 4.00. The van der Waals surface area contributed by atoms with Gasteiger partial charge in [-0.15, -0.1) is 0 Å². The van der Waals surface area contributed by atoms with Gasteiger partial charge in [0.2, 0.25) is 0 Å². The molecule has 3 rings (SSSR count). The molecular formula is C17H15ClN2O4S. The summed E-state index contributed by atoms with van der Waals surface area (Å²) in [6, 6.07) is 9.42. The van der Waals surface area contributed by atoms with E-state index >= 15 is 0 Å². The third-order valence-corrected chi connectivity index (χ3v) is 5.66. The Hall–Kier alpha value is -2.38. The van der Waals surface area contributed by atoms with Crippen molar-refractivity contribution in [2.75, 3.05) is 6.61 Å². The molecule has 0 aliphatic rings. The molecule has 0 aliphatic heterocycles. The number of nitrogens with zero attached hydrogens (tertiary/aromatic N) is 2. The summed E-state index contributed by atoms with van der Waals surface area (Å²) in [5.74, 6) is -0.660. The van der Waals surface area contributed by atoms with Crippen LogP contribution in [0.5, 0.6) is 0 Å². The molecule has 2 aromatic heterocycles. The number of esters is 1. The molecule has 0 atom stereocenters. The molecule has 0 spiro atoms. The van der Waals surface area contributed by atoms with Crippen molar-refractivity contribution in [2.24, 2.45) is 0 Å². The summed E-state index contributed by atoms with van der Waals surface area (Å²) < 4.78 is 31.8. The van der Waals surface area contributed by atoms with E-state index in [2.05, 4.69) is 4.98 Å². The Bertz CT molecular complexity index is 1060. The number of aryl methyl sites for hydroxylation is 1. The largest absolute Gasteiger partial charge is 0.461 e. The minimum atomic E-state index is -3.83. The third-order valence-electron chi connectivity index (χ3n) is 3.67. The van der Waals surface area contributed by atoms with Crippen LogP contribution in [0.15, 0.2) is 47.5 Å². The maximum atomic E-state index is 12.9. The van der Waals surface area contributed by atoms with E-state index in [0.29, 0.717) is 5.39 Å². The second-order valence-electron chi connectivity index (χ2n) is 5.38. The number of carbonyl (C=O) groups excluding carboxylic acids is 1. The first-order chi connectivity index (χ1) is 11.8. The Labute approximate surface area is 150 Å². The summed E-state index contributed by atoms with van der Waals surface area (Å²) >= 11 is 6.11. The lowest BCUT2D eigenvalue weighted by Crippen LogP contribution is -2.13. The number of fused-ring (bicyclic) bond motifs is 1. The molecule has 130 valence electrons. The summed E-state index contributed by atoms with van der Waals surface area (Å²) in [6.45, 7) is 3.72. The molecule has 0 unspecified atom stereocenters. The third kappa shape index (κ3) is 3.12. The van der Waals surface area contributed by atoms with Gasteiger partial charge in [0, 0.05) is 11.6 Å². The molecule has 0 saturated heterocycles. The van der Waals surface area contributed by atoms with Gasteiger partial charge in [-0.05, 0) is 38.1 Å². The fourth-order valence-electron chi connectivity index (χ4n) is 2.41. The molecule has 2 heterocycles. The highest BCUT2D eigenvalue weighted by Crippen LogP contribution is 2.27. The molecule has 0 radical (unpaired) electrons. The zero-order valence-corrected chi connectivity index (χ0v) is 15.1. The van der Waals surface area contributed by atoms with Gasteiger partial charge in [0.05, 0.1) is 17.0 Å². The van der Waals surface area contributed by atoms with Crippen LogP contribution in [-0.4, -0.2) is 30.0 Å². The molecule has 0 saturated carbocycles. The van der Waals surface area contributed by atoms with Gasteiger partial charge in [0.25, 0.3) is 10.0 Å². The van der Waals surface area contributed by atoms with Gasteiger partial charge in [0.15, 0.2) is 5.69 Å². The average molecular weight is 379 g/mol. The number of hydrogen-bond acceptors (Lipinski definition) is 5. The topological polar surface area (TPSA) is 78.3 Å². The fraction of sp³-hybridized carbons (Fsp3) is 0.176. The highest BCUT2D eigenvalue weighted by atomic mass is 35.5. The minimum Gasteiger partial charge on any atom is -0.461 e. The molecule has 0 N–H and O–H groups in total. The second kappa shape index (κ2) is 6.50. The van der Waals surface area contributed by atoms with E-state index in [1.165, 1.54) is 24.4 Å². The van der Waals surface area contributed by atoms with Crippen molar-refractivity contribution in [3.05, 3.63) is 59.0 Å². The zero-order chi connectivity index (χ0) is 18.2. The van der Waals surface area contributed by atoms with E-state index < -0.39 is 16.0 Å². The smallest absolute Gasteiger partial charge is 0.357 e. The van der Waals surface area contributed by atoms with Crippen LogP contribution < -0.4 is 0 Å². The number of hydrogen-bond donors (Lipinski definition) is 0. The molecule has 3 aromatic rings. The lowest BCUT2D eigenvalue weighted by Gasteiger charge is -2.09. The minimum absolute atomic E-state index is 0.0402. The van der Waals surface area contributed by atoms with Crippen LogP contribution >= 0.6 is 11.6 Å². The summed E-state index contributed by atoms with van der Waals surface area (Å²) in [4.78, 5) is 16.1. The van der Waals surface area contributed by atoms with E-state index in [0.717, 1.165) is 9.54 Å². The van der Waals surface area contributed by atoms with E-state index in [-0.39, 0.29) is 27.9 Å². The van der Waals surface area contributed by atoms with E-state index in [9.17, 15) is 13.2 Å². The normalized spacial score (nSPS) is 11.6. The Morgan fingerprint density at radius 3 is 2.56 bits per heavy atom. The van der Waals surface area contributed by atoms with Crippen LogP contribution in [-0.2, 0) is 14.8 Å². The van der Waals surface area contributed by atoms with Gasteiger partial charge >= 0.3 is 5.97 Å². The zero-order valence-electron chi connectivity index (χ0n) is 13.6. The van der Waals surface area contributed by atoms with Crippen molar-refractivity contribution in [3.8, 4) is 0 Å². The van der Waals surface area contributed by atoms with Gasteiger partial charge in [-0.25, -0.2) is 22.2 Å². The Kier molecular flexibility index (Phi) is 4.53. The molecule has 25 heavy (non-hydrogen) atoms. The first kappa shape index (κ1) is 17.4. The Morgan fingerprint density at radius 1 is 1.24 bits per heavy atom. The van der Waals surface area contributed by atoms with E-state index in [4.69, 9.17) is 16.3 Å². The Balaban J connectivity index is 2.19. The molecule has 6 nitrogen and oxygen atoms in total. The number of ether oxygens (including phenoxy) is 1. The van der Waals surface area contributed by atoms with Gasteiger partial charge in [-0.1, -0.05) is 29.3 Å². The summed E-state index contributed by atoms with van der Waals surface area (Å²) in [6.07, 6.45) is 1.39. The van der Waals surface area contributed by atoms with Crippen LogP contribution in [0.3, 0.4) is 0 Å². The number of carbonyl (C=O) groups is 1. The van der Waals surface area contributed by atoms with Gasteiger partial charge in [0.1, 0.15) is 5.15 Å². The lowest BCUT2D eigenvalue weighted by molar-refractivity contribution is 0.0519. The maximum Gasteiger partial charge on any atom is 0.357 e. The lowest BCUT2D eigenvalue weighted by atomic mass is 10.2. The predicted octanol–water partition coefficient (Wildman–Crippen LogP) is 3.41. The molecule has 0 aliphatic carbocycles. The monoisotopic (exact) mass is 378 g/mol. The predicted molar refractivity (Wildman–Crippen MR) is 94.5 cm³/mol. The van der Waals surface area contributed by atoms with Crippen LogP contribution in [0.4, 0.5) is 0 Å². The number of rotatable bonds is 4. The maximum absolute atomic E-state index is 12.9. The number of pyridine rings is 1. The molecule has 0 bridgehead atoms. The van der Waals surface area contributed by atoms with Crippen molar-refractivity contribution >= 4 is 38.5 Å². The van der Waals surface area contributed by atoms with Gasteiger partial charge < -0.3 is 4.74 Å². The van der Waals surface area contributed by atoms with Crippen molar-refractivity contribution in [3.63, 3.8) is 0 Å². The first-order valence-corrected chi connectivity index (χ1v) is 9.33. The van der Waals surface area contributed by atoms with Crippen LogP contribution in [0.2, 0.25) is 5.15 Å². The first-order valence-electron chi connectivity index (χ1n) is 7.51. The second-order valence-corrected chi connectivity index (χ2v) is 7.55. The van der Waals surface area contributed by atoms with Crippen LogP contribution in [0.25, 0.3) is 10.9 Å². The quantitative estimate of drug-likeness (QED) is 0.513. The Morgan fingerprint density at radius 2 is 1.92 bits per heavy atom. The summed E-state index contributed by atoms with van der Waals surface area (Å²) in [5, 5.41) is 0.476. The molecule has 8 heteroatoms. The van der Waals surface area contributed by atoms with E-state index in [1.807, 2.05) is 6.92 Å². The van der Waals surface area contributed by atoms with Crippen molar-refractivity contribution < 1.29 is 17.9 Å². The van der Waals surface area contributed by atoms with Crippen LogP contribution in [0, 0.1) is 6.92 Å². The molecule has 0 amide bonds. The van der Waals surface area contributed by atoms with E-state index in [1.54, 1.807) is 25.1 Å². The number of halogens is 1. The van der Waals surface area contributed by atoms with Gasteiger partial charge in [-0.3, -0.25) is 0 Å². The van der Waals surface area contributed by atoms with Crippen LogP contribution in [0.1, 0.15) is 23.0 Å². The summed E-state index contributed by atoms with van der Waals surface area (Å²) in [5.41, 5.74) is 1.18. The van der Waals surface area contributed by atoms with Crippen molar-refractivity contribution in [2.45, 2.75) is 18.7 Å². The number of aromatic nitrogens is 2. The standard InChI is InChI=1S/C17H15ClN2O4S/c1-3-24-17(21)14-10-15-13(16(18)19-14)8-9-20(15)25(22,23)12-6-4-11(2)5-7-12/h4-10H,3H2,1-2H3. The number of benzene rings is 1. The van der Waals surface area contributed by atoms with Crippen molar-refractivity contribution in [1.29, 1.82) is 0 Å². The molecular weight excluding hydrogens is 364 g/mol. The highest BCUT2D eigenvalue weighted by Gasteiger charge is 2.22. The van der Waals surface area contributed by atoms with Crippen molar-refractivity contribution in [1.82, 2.24) is 8.96 Å². The molecule has 0 fully saturated rings. The molecule has 1 aromatic carbocycles. The summed E-state index contributed by atoms with van der Waals surface area (Å²) in [7, 11) is -3.83. The average Bonchev–Trinajstić information content (AvgIpc) is 3.01. The van der Waals surface area contributed by atoms with Gasteiger partial charge in [-0.2, -0.15) is 0 Å².